The zero-order chi connectivity index (χ0) is 14.1. The lowest BCUT2D eigenvalue weighted by Gasteiger charge is -2.18. The number of rotatable bonds is 3. The van der Waals surface area contributed by atoms with Crippen molar-refractivity contribution < 1.29 is 0 Å². The molecule has 0 aliphatic heterocycles. The Morgan fingerprint density at radius 2 is 2.15 bits per heavy atom. The van der Waals surface area contributed by atoms with Crippen LogP contribution in [0.25, 0.3) is 10.9 Å². The van der Waals surface area contributed by atoms with Gasteiger partial charge in [-0.2, -0.15) is 0 Å². The Morgan fingerprint density at radius 1 is 1.30 bits per heavy atom. The molecule has 0 atom stereocenters. The molecule has 0 N–H and O–H groups in total. The summed E-state index contributed by atoms with van der Waals surface area (Å²) in [5, 5.41) is 4.81. The minimum atomic E-state index is 0.681. The van der Waals surface area contributed by atoms with E-state index >= 15 is 0 Å². The van der Waals surface area contributed by atoms with E-state index in [9.17, 15) is 0 Å². The van der Waals surface area contributed by atoms with Gasteiger partial charge in [-0.1, -0.05) is 11.6 Å². The second kappa shape index (κ2) is 5.34. The first-order valence-corrected chi connectivity index (χ1v) is 7.41. The van der Waals surface area contributed by atoms with Crippen molar-refractivity contribution in [2.45, 2.75) is 13.5 Å². The Labute approximate surface area is 126 Å². The van der Waals surface area contributed by atoms with Gasteiger partial charge in [0.05, 0.1) is 12.1 Å². The first kappa shape index (κ1) is 13.3. The topological polar surface area (TPSA) is 41.9 Å². The molecule has 0 radical (unpaired) electrons. The minimum absolute atomic E-state index is 0.681. The predicted octanol–water partition coefficient (Wildman–Crippen LogP) is 3.68. The third-order valence-corrected chi connectivity index (χ3v) is 4.16. The number of halogens is 1. The Hall–Kier alpha value is -1.72. The lowest BCUT2D eigenvalue weighted by molar-refractivity contribution is 0.885. The molecule has 0 saturated heterocycles. The molecular formula is C14H13ClN4S. The van der Waals surface area contributed by atoms with Crippen molar-refractivity contribution in [2.24, 2.45) is 0 Å². The Balaban J connectivity index is 1.96. The van der Waals surface area contributed by atoms with Gasteiger partial charge in [-0.15, -0.1) is 11.3 Å². The maximum Gasteiger partial charge on any atom is 0.140 e. The number of benzene rings is 1. The molecule has 3 rings (SSSR count). The van der Waals surface area contributed by atoms with Crippen LogP contribution in [0.4, 0.5) is 5.82 Å². The highest BCUT2D eigenvalue weighted by Crippen LogP contribution is 2.26. The van der Waals surface area contributed by atoms with Crippen LogP contribution in [-0.2, 0) is 6.54 Å². The van der Waals surface area contributed by atoms with Crippen LogP contribution in [0.5, 0.6) is 0 Å². The molecular weight excluding hydrogens is 292 g/mol. The number of hydrogen-bond acceptors (Lipinski definition) is 5. The van der Waals surface area contributed by atoms with Gasteiger partial charge >= 0.3 is 0 Å². The zero-order valence-electron chi connectivity index (χ0n) is 11.2. The van der Waals surface area contributed by atoms with Gasteiger partial charge in [0, 0.05) is 28.5 Å². The molecule has 0 amide bonds. The van der Waals surface area contributed by atoms with Crippen LogP contribution in [0.1, 0.15) is 10.7 Å². The maximum absolute atomic E-state index is 6.00. The average molecular weight is 305 g/mol. The third-order valence-electron chi connectivity index (χ3n) is 2.98. The second-order valence-corrected chi connectivity index (χ2v) is 5.98. The van der Waals surface area contributed by atoms with Crippen LogP contribution in [0.2, 0.25) is 5.02 Å². The number of nitrogens with zero attached hydrogens (tertiary/aromatic N) is 4. The largest absolute Gasteiger partial charge is 0.352 e. The van der Waals surface area contributed by atoms with Gasteiger partial charge in [0.15, 0.2) is 0 Å². The smallest absolute Gasteiger partial charge is 0.140 e. The zero-order valence-corrected chi connectivity index (χ0v) is 12.7. The molecule has 0 aliphatic carbocycles. The van der Waals surface area contributed by atoms with Crippen molar-refractivity contribution in [1.82, 2.24) is 15.0 Å². The van der Waals surface area contributed by atoms with E-state index in [-0.39, 0.29) is 0 Å². The van der Waals surface area contributed by atoms with E-state index in [1.807, 2.05) is 32.2 Å². The summed E-state index contributed by atoms with van der Waals surface area (Å²) < 4.78 is 0. The van der Waals surface area contributed by atoms with E-state index in [1.165, 1.54) is 0 Å². The quantitative estimate of drug-likeness (QED) is 0.740. The summed E-state index contributed by atoms with van der Waals surface area (Å²) in [7, 11) is 2.01. The standard InChI is InChI=1S/C14H13ClN4S/c1-9-7-20-13(18-9)6-19(2)14-11-4-3-10(15)5-12(11)16-8-17-14/h3-5,7-8H,6H2,1-2H3. The van der Waals surface area contributed by atoms with Crippen molar-refractivity contribution in [3.8, 4) is 0 Å². The van der Waals surface area contributed by atoms with Crippen LogP contribution in [0, 0.1) is 6.92 Å². The lowest BCUT2D eigenvalue weighted by Crippen LogP contribution is -2.18. The normalized spacial score (nSPS) is 10.9. The van der Waals surface area contributed by atoms with E-state index in [0.717, 1.165) is 34.0 Å². The van der Waals surface area contributed by atoms with Crippen molar-refractivity contribution in [1.29, 1.82) is 0 Å². The molecule has 20 heavy (non-hydrogen) atoms. The van der Waals surface area contributed by atoms with Crippen LogP contribution < -0.4 is 4.90 Å². The summed E-state index contributed by atoms with van der Waals surface area (Å²) in [5.41, 5.74) is 1.90. The molecule has 2 heterocycles. The highest BCUT2D eigenvalue weighted by Gasteiger charge is 2.11. The first-order valence-electron chi connectivity index (χ1n) is 6.16. The second-order valence-electron chi connectivity index (χ2n) is 4.60. The summed E-state index contributed by atoms with van der Waals surface area (Å²) in [5.74, 6) is 0.888. The van der Waals surface area contributed by atoms with Gasteiger partial charge in [0.25, 0.3) is 0 Å². The molecule has 1 aromatic carbocycles. The Morgan fingerprint density at radius 3 is 2.90 bits per heavy atom. The molecule has 0 bridgehead atoms. The van der Waals surface area contributed by atoms with Gasteiger partial charge in [-0.25, -0.2) is 15.0 Å². The summed E-state index contributed by atoms with van der Waals surface area (Å²) in [6.45, 7) is 2.73. The van der Waals surface area contributed by atoms with Crippen molar-refractivity contribution in [2.75, 3.05) is 11.9 Å². The molecule has 0 unspecified atom stereocenters. The van der Waals surface area contributed by atoms with Gasteiger partial charge in [0.2, 0.25) is 0 Å². The van der Waals surface area contributed by atoms with E-state index in [2.05, 4.69) is 25.2 Å². The number of thiazole rings is 1. The third kappa shape index (κ3) is 2.59. The van der Waals surface area contributed by atoms with Gasteiger partial charge in [-0.3, -0.25) is 0 Å². The minimum Gasteiger partial charge on any atom is -0.352 e. The fourth-order valence-corrected chi connectivity index (χ4v) is 3.06. The highest BCUT2D eigenvalue weighted by atomic mass is 35.5. The fraction of sp³-hybridized carbons (Fsp3) is 0.214. The van der Waals surface area contributed by atoms with Crippen molar-refractivity contribution >= 4 is 39.7 Å². The molecule has 0 saturated carbocycles. The lowest BCUT2D eigenvalue weighted by atomic mass is 10.2. The van der Waals surface area contributed by atoms with Crippen LogP contribution in [0.3, 0.4) is 0 Å². The van der Waals surface area contributed by atoms with Crippen molar-refractivity contribution in [3.63, 3.8) is 0 Å². The highest BCUT2D eigenvalue weighted by molar-refractivity contribution is 7.09. The molecule has 102 valence electrons. The summed E-state index contributed by atoms with van der Waals surface area (Å²) in [4.78, 5) is 15.2. The van der Waals surface area contributed by atoms with Gasteiger partial charge in [-0.05, 0) is 25.1 Å². The van der Waals surface area contributed by atoms with Crippen LogP contribution >= 0.6 is 22.9 Å². The summed E-state index contributed by atoms with van der Waals surface area (Å²) in [6.07, 6.45) is 1.57. The number of aromatic nitrogens is 3. The molecule has 3 aromatic rings. The molecule has 2 aromatic heterocycles. The predicted molar refractivity (Wildman–Crippen MR) is 83.5 cm³/mol. The van der Waals surface area contributed by atoms with E-state index in [0.29, 0.717) is 5.02 Å². The van der Waals surface area contributed by atoms with E-state index in [1.54, 1.807) is 17.7 Å². The number of aryl methyl sites for hydroxylation is 1. The number of fused-ring (bicyclic) bond motifs is 1. The van der Waals surface area contributed by atoms with E-state index in [4.69, 9.17) is 11.6 Å². The molecule has 6 heteroatoms. The van der Waals surface area contributed by atoms with Crippen molar-refractivity contribution in [3.05, 3.63) is 45.6 Å². The molecule has 4 nitrogen and oxygen atoms in total. The van der Waals surface area contributed by atoms with Crippen LogP contribution in [-0.4, -0.2) is 22.0 Å². The molecule has 0 fully saturated rings. The Kier molecular flexibility index (Phi) is 3.54. The van der Waals surface area contributed by atoms with E-state index < -0.39 is 0 Å². The molecule has 0 aliphatic rings. The summed E-state index contributed by atoms with van der Waals surface area (Å²) >= 11 is 7.66. The SMILES string of the molecule is Cc1csc(CN(C)c2ncnc3cc(Cl)ccc23)n1. The average Bonchev–Trinajstić information content (AvgIpc) is 2.83. The maximum atomic E-state index is 6.00. The van der Waals surface area contributed by atoms with Crippen LogP contribution in [0.15, 0.2) is 29.9 Å². The molecule has 0 spiro atoms. The summed E-state index contributed by atoms with van der Waals surface area (Å²) in [6, 6.07) is 5.66. The first-order chi connectivity index (χ1) is 9.63. The number of hydrogen-bond donors (Lipinski definition) is 0. The van der Waals surface area contributed by atoms with Gasteiger partial charge < -0.3 is 4.90 Å². The van der Waals surface area contributed by atoms with Gasteiger partial charge in [0.1, 0.15) is 17.2 Å². The Bertz CT molecular complexity index is 756. The monoisotopic (exact) mass is 304 g/mol. The fourth-order valence-electron chi connectivity index (χ4n) is 2.07. The number of anilines is 1.